The minimum atomic E-state index is 1.12. The second-order valence-corrected chi connectivity index (χ2v) is 15.7. The van der Waals surface area contributed by atoms with Crippen LogP contribution in [0.2, 0.25) is 0 Å². The van der Waals surface area contributed by atoms with Crippen molar-refractivity contribution in [1.82, 2.24) is 4.57 Å². The van der Waals surface area contributed by atoms with Gasteiger partial charge in [0.2, 0.25) is 0 Å². The lowest BCUT2D eigenvalue weighted by Crippen LogP contribution is -2.09. The number of rotatable bonds is 7. The zero-order valence-electron chi connectivity index (χ0n) is 31.1. The summed E-state index contributed by atoms with van der Waals surface area (Å²) in [5.41, 5.74) is 14.2. The lowest BCUT2D eigenvalue weighted by atomic mass is 10.0. The van der Waals surface area contributed by atoms with Gasteiger partial charge in [-0.25, -0.2) is 0 Å². The highest BCUT2D eigenvalue weighted by atomic mass is 32.1. The fourth-order valence-electron chi connectivity index (χ4n) is 8.41. The number of benzene rings is 9. The first-order chi connectivity index (χ1) is 28.2. The van der Waals surface area contributed by atoms with Gasteiger partial charge in [-0.05, 0) is 118 Å². The summed E-state index contributed by atoms with van der Waals surface area (Å²) < 4.78 is 4.95. The van der Waals surface area contributed by atoms with Crippen molar-refractivity contribution in [2.75, 3.05) is 4.90 Å². The third kappa shape index (κ3) is 5.88. The van der Waals surface area contributed by atoms with Gasteiger partial charge in [-0.3, -0.25) is 0 Å². The van der Waals surface area contributed by atoms with Crippen molar-refractivity contribution in [1.29, 1.82) is 0 Å². The first-order valence-corrected chi connectivity index (χ1v) is 20.2. The molecule has 0 aliphatic carbocycles. The van der Waals surface area contributed by atoms with Gasteiger partial charge in [0.15, 0.2) is 0 Å². The SMILES string of the molecule is c1ccc(-c2ccc(N(c3ccc(-c4ccccc4)cc3)c3ccc4sc5ccc(-c6ccc7c(c6)c6ccccc6n7-c6ccccc6)cc5c4c3)cc2)cc1. The van der Waals surface area contributed by atoms with Gasteiger partial charge in [0.1, 0.15) is 0 Å². The van der Waals surface area contributed by atoms with Crippen LogP contribution in [0.4, 0.5) is 17.1 Å². The predicted octanol–water partition coefficient (Wildman–Crippen LogP) is 15.6. The fraction of sp³-hybridized carbons (Fsp3) is 0. The number of nitrogens with zero attached hydrogens (tertiary/aromatic N) is 2. The number of thiophene rings is 1. The topological polar surface area (TPSA) is 8.17 Å². The molecular weight excluding hydrogens is 709 g/mol. The maximum Gasteiger partial charge on any atom is 0.0541 e. The van der Waals surface area contributed by atoms with Gasteiger partial charge in [0, 0.05) is 53.7 Å². The van der Waals surface area contributed by atoms with E-state index in [1.807, 2.05) is 11.3 Å². The highest BCUT2D eigenvalue weighted by molar-refractivity contribution is 7.25. The van der Waals surface area contributed by atoms with E-state index in [0.29, 0.717) is 0 Å². The van der Waals surface area contributed by atoms with E-state index in [0.717, 1.165) is 17.1 Å². The van der Waals surface area contributed by atoms with Gasteiger partial charge in [-0.2, -0.15) is 0 Å². The molecule has 0 spiro atoms. The Labute approximate surface area is 335 Å². The maximum atomic E-state index is 2.39. The Bertz CT molecular complexity index is 3120. The lowest BCUT2D eigenvalue weighted by Gasteiger charge is -2.26. The average Bonchev–Trinajstić information content (AvgIpc) is 3.82. The van der Waals surface area contributed by atoms with Crippen LogP contribution in [0.15, 0.2) is 218 Å². The Morgan fingerprint density at radius 3 is 1.37 bits per heavy atom. The maximum absolute atomic E-state index is 2.39. The quantitative estimate of drug-likeness (QED) is 0.158. The summed E-state index contributed by atoms with van der Waals surface area (Å²) in [6.45, 7) is 0. The van der Waals surface area contributed by atoms with Crippen molar-refractivity contribution < 1.29 is 0 Å². The minimum Gasteiger partial charge on any atom is -0.310 e. The third-order valence-corrected chi connectivity index (χ3v) is 12.3. The monoisotopic (exact) mass is 744 g/mol. The van der Waals surface area contributed by atoms with E-state index in [4.69, 9.17) is 0 Å². The molecule has 0 aliphatic heterocycles. The van der Waals surface area contributed by atoms with Crippen molar-refractivity contribution in [2.24, 2.45) is 0 Å². The summed E-state index contributed by atoms with van der Waals surface area (Å²) >= 11 is 1.86. The predicted molar refractivity (Wildman–Crippen MR) is 245 cm³/mol. The average molecular weight is 745 g/mol. The molecule has 2 aromatic heterocycles. The Morgan fingerprint density at radius 1 is 0.298 bits per heavy atom. The van der Waals surface area contributed by atoms with E-state index in [9.17, 15) is 0 Å². The highest BCUT2D eigenvalue weighted by Gasteiger charge is 2.17. The number of hydrogen-bond acceptors (Lipinski definition) is 2. The second-order valence-electron chi connectivity index (χ2n) is 14.6. The Morgan fingerprint density at radius 2 is 0.737 bits per heavy atom. The molecule has 2 heterocycles. The van der Waals surface area contributed by atoms with Crippen LogP contribution in [-0.2, 0) is 0 Å². The Balaban J connectivity index is 1.03. The van der Waals surface area contributed by atoms with Gasteiger partial charge in [0.05, 0.1) is 11.0 Å². The van der Waals surface area contributed by atoms with E-state index < -0.39 is 0 Å². The first kappa shape index (κ1) is 33.2. The van der Waals surface area contributed by atoms with Crippen LogP contribution < -0.4 is 4.90 Å². The van der Waals surface area contributed by atoms with E-state index in [2.05, 4.69) is 228 Å². The number of fused-ring (bicyclic) bond motifs is 6. The van der Waals surface area contributed by atoms with Gasteiger partial charge in [-0.1, -0.05) is 133 Å². The van der Waals surface area contributed by atoms with Gasteiger partial charge >= 0.3 is 0 Å². The fourth-order valence-corrected chi connectivity index (χ4v) is 9.47. The number of para-hydroxylation sites is 2. The van der Waals surface area contributed by atoms with Crippen molar-refractivity contribution in [2.45, 2.75) is 0 Å². The minimum absolute atomic E-state index is 1.12. The van der Waals surface area contributed by atoms with E-state index in [1.54, 1.807) is 0 Å². The molecule has 0 atom stereocenters. The zero-order chi connectivity index (χ0) is 37.7. The van der Waals surface area contributed by atoms with Crippen molar-refractivity contribution in [3.05, 3.63) is 218 Å². The third-order valence-electron chi connectivity index (χ3n) is 11.2. The zero-order valence-corrected chi connectivity index (χ0v) is 31.9. The Kier molecular flexibility index (Phi) is 8.04. The molecule has 0 bridgehead atoms. The largest absolute Gasteiger partial charge is 0.310 e. The van der Waals surface area contributed by atoms with Crippen LogP contribution in [0.3, 0.4) is 0 Å². The molecule has 57 heavy (non-hydrogen) atoms. The summed E-state index contributed by atoms with van der Waals surface area (Å²) in [6, 6.07) is 79.3. The molecule has 268 valence electrons. The molecule has 0 radical (unpaired) electrons. The summed E-state index contributed by atoms with van der Waals surface area (Å²) in [4.78, 5) is 2.38. The molecule has 0 amide bonds. The van der Waals surface area contributed by atoms with Crippen molar-refractivity contribution in [3.8, 4) is 39.1 Å². The van der Waals surface area contributed by atoms with Gasteiger partial charge in [-0.15, -0.1) is 11.3 Å². The smallest absolute Gasteiger partial charge is 0.0541 e. The molecule has 0 unspecified atom stereocenters. The molecule has 11 aromatic rings. The lowest BCUT2D eigenvalue weighted by molar-refractivity contribution is 1.18. The van der Waals surface area contributed by atoms with Crippen LogP contribution in [0.25, 0.3) is 81.0 Å². The highest BCUT2D eigenvalue weighted by Crippen LogP contribution is 2.43. The number of anilines is 3. The van der Waals surface area contributed by atoms with E-state index in [-0.39, 0.29) is 0 Å². The summed E-state index contributed by atoms with van der Waals surface area (Å²) in [5.74, 6) is 0. The van der Waals surface area contributed by atoms with E-state index >= 15 is 0 Å². The van der Waals surface area contributed by atoms with Crippen molar-refractivity contribution >= 4 is 70.4 Å². The van der Waals surface area contributed by atoms with Crippen LogP contribution in [0.5, 0.6) is 0 Å². The van der Waals surface area contributed by atoms with Crippen LogP contribution in [0.1, 0.15) is 0 Å². The molecule has 0 fully saturated rings. The van der Waals surface area contributed by atoms with Gasteiger partial charge < -0.3 is 9.47 Å². The van der Waals surface area contributed by atoms with Crippen LogP contribution in [0, 0.1) is 0 Å². The Hall–Kier alpha value is -7.20. The molecule has 0 saturated heterocycles. The molecule has 2 nitrogen and oxygen atoms in total. The molecule has 0 aliphatic rings. The number of aromatic nitrogens is 1. The molecule has 9 aromatic carbocycles. The van der Waals surface area contributed by atoms with Crippen LogP contribution >= 0.6 is 11.3 Å². The molecule has 0 N–H and O–H groups in total. The second kappa shape index (κ2) is 13.8. The standard InChI is InChI=1S/C54H36N2S/c1-4-12-37(13-5-1)39-20-26-44(27-21-39)55(45-28-22-40(23-29-45)38-14-6-2-7-15-38)46-30-33-54-50(36-46)49-35-42(25-32-53(49)57-54)41-24-31-52-48(34-41)47-18-10-11-19-51(47)56(52)43-16-8-3-9-17-43/h1-36H. The summed E-state index contributed by atoms with van der Waals surface area (Å²) in [7, 11) is 0. The van der Waals surface area contributed by atoms with E-state index in [1.165, 1.54) is 81.0 Å². The summed E-state index contributed by atoms with van der Waals surface area (Å²) in [5, 5.41) is 5.07. The molecule has 3 heteroatoms. The van der Waals surface area contributed by atoms with Crippen molar-refractivity contribution in [3.63, 3.8) is 0 Å². The summed E-state index contributed by atoms with van der Waals surface area (Å²) in [6.07, 6.45) is 0. The first-order valence-electron chi connectivity index (χ1n) is 19.4. The van der Waals surface area contributed by atoms with Gasteiger partial charge in [0.25, 0.3) is 0 Å². The number of hydrogen-bond donors (Lipinski definition) is 0. The molecular formula is C54H36N2S. The van der Waals surface area contributed by atoms with Crippen LogP contribution in [-0.4, -0.2) is 4.57 Å². The normalized spacial score (nSPS) is 11.5. The molecule has 0 saturated carbocycles. The molecule has 11 rings (SSSR count).